The lowest BCUT2D eigenvalue weighted by Gasteiger charge is -2.40. The molecule has 0 atom stereocenters. The Morgan fingerprint density at radius 3 is 2.88 bits per heavy atom. The summed E-state index contributed by atoms with van der Waals surface area (Å²) in [5.41, 5.74) is 0.920. The molecule has 8 heteroatoms. The zero-order valence-corrected chi connectivity index (χ0v) is 14.7. The van der Waals surface area contributed by atoms with Crippen LogP contribution in [0.5, 0.6) is 0 Å². The second-order valence-electron chi connectivity index (χ2n) is 6.02. The average molecular weight is 392 g/mol. The Balaban J connectivity index is 1.35. The van der Waals surface area contributed by atoms with E-state index in [0.717, 1.165) is 28.5 Å². The number of ether oxygens (including phenoxy) is 1. The van der Waals surface area contributed by atoms with E-state index in [1.165, 1.54) is 0 Å². The Labute approximate surface area is 148 Å². The summed E-state index contributed by atoms with van der Waals surface area (Å²) < 4.78 is 6.28. The van der Waals surface area contributed by atoms with Crippen LogP contribution in [-0.4, -0.2) is 66.3 Å². The molecule has 0 saturated carbocycles. The molecule has 1 aromatic heterocycles. The van der Waals surface area contributed by atoms with Gasteiger partial charge in [0.2, 0.25) is 5.95 Å². The Hall–Kier alpha value is -1.93. The highest BCUT2D eigenvalue weighted by molar-refractivity contribution is 9.10. The lowest BCUT2D eigenvalue weighted by Crippen LogP contribution is -2.62. The summed E-state index contributed by atoms with van der Waals surface area (Å²) in [6.45, 7) is 4.02. The van der Waals surface area contributed by atoms with Gasteiger partial charge in [-0.15, -0.1) is 0 Å². The van der Waals surface area contributed by atoms with Crippen LogP contribution in [0.1, 0.15) is 0 Å². The molecule has 126 valence electrons. The number of aromatic nitrogens is 2. The number of rotatable bonds is 2. The number of nitrogens with one attached hydrogen (secondary N) is 1. The topological polar surface area (TPSA) is 70.6 Å². The second kappa shape index (κ2) is 6.52. The number of morpholine rings is 1. The minimum Gasteiger partial charge on any atom is -0.378 e. The molecule has 7 nitrogen and oxygen atoms in total. The molecule has 1 aromatic carbocycles. The summed E-state index contributed by atoms with van der Waals surface area (Å²) >= 11 is 3.45. The van der Waals surface area contributed by atoms with Crippen molar-refractivity contribution in [3.05, 3.63) is 28.9 Å². The van der Waals surface area contributed by atoms with Gasteiger partial charge in [0, 0.05) is 42.2 Å². The van der Waals surface area contributed by atoms with Gasteiger partial charge < -0.3 is 19.9 Å². The first-order chi connectivity index (χ1) is 11.7. The molecular weight excluding hydrogens is 374 g/mol. The summed E-state index contributed by atoms with van der Waals surface area (Å²) in [6, 6.07) is 6.08. The number of amides is 2. The number of fused-ring (bicyclic) bond motifs is 1. The van der Waals surface area contributed by atoms with E-state index in [1.807, 2.05) is 24.4 Å². The van der Waals surface area contributed by atoms with Crippen molar-refractivity contribution in [2.45, 2.75) is 6.04 Å². The summed E-state index contributed by atoms with van der Waals surface area (Å²) in [5.74, 6) is 0.710. The third-order valence-corrected chi connectivity index (χ3v) is 4.81. The Kier molecular flexibility index (Phi) is 4.24. The van der Waals surface area contributed by atoms with E-state index in [0.29, 0.717) is 32.3 Å². The smallest absolute Gasteiger partial charge is 0.317 e. The summed E-state index contributed by atoms with van der Waals surface area (Å²) in [5, 5.41) is 4.06. The molecule has 0 aliphatic carbocycles. The molecule has 0 unspecified atom stereocenters. The highest BCUT2D eigenvalue weighted by Crippen LogP contribution is 2.22. The van der Waals surface area contributed by atoms with Gasteiger partial charge in [-0.25, -0.2) is 14.8 Å². The quantitative estimate of drug-likeness (QED) is 0.841. The number of benzene rings is 1. The predicted octanol–water partition coefficient (Wildman–Crippen LogP) is 1.62. The maximum absolute atomic E-state index is 12.2. The van der Waals surface area contributed by atoms with Crippen LogP contribution in [0, 0.1) is 0 Å². The summed E-state index contributed by atoms with van der Waals surface area (Å²) in [6.07, 6.45) is 1.84. The molecule has 2 amide bonds. The second-order valence-corrected chi connectivity index (χ2v) is 6.94. The zero-order chi connectivity index (χ0) is 16.5. The van der Waals surface area contributed by atoms with E-state index >= 15 is 0 Å². The van der Waals surface area contributed by atoms with Gasteiger partial charge in [-0.1, -0.05) is 15.9 Å². The largest absolute Gasteiger partial charge is 0.378 e. The summed E-state index contributed by atoms with van der Waals surface area (Å²) in [4.78, 5) is 25.1. The number of hydrogen-bond acceptors (Lipinski definition) is 5. The number of urea groups is 1. The van der Waals surface area contributed by atoms with Crippen LogP contribution < -0.4 is 10.2 Å². The van der Waals surface area contributed by atoms with Crippen LogP contribution in [-0.2, 0) is 4.74 Å². The van der Waals surface area contributed by atoms with E-state index in [2.05, 4.69) is 36.1 Å². The van der Waals surface area contributed by atoms with Gasteiger partial charge in [-0.05, 0) is 18.2 Å². The molecule has 0 spiro atoms. The summed E-state index contributed by atoms with van der Waals surface area (Å²) in [7, 11) is 0. The molecular formula is C16H18BrN5O2. The number of carbonyl (C=O) groups excluding carboxylic acids is 1. The molecule has 2 saturated heterocycles. The number of hydrogen-bond donors (Lipinski definition) is 1. The standard InChI is InChI=1S/C16H18BrN5O2/c17-12-1-2-14-11(7-12)8-18-15(20-14)22-9-13(10-22)19-16(23)21-3-5-24-6-4-21/h1-2,7-8,13H,3-6,9-10H2,(H,19,23). The van der Waals surface area contributed by atoms with Crippen LogP contribution in [0.15, 0.2) is 28.9 Å². The van der Waals surface area contributed by atoms with Crippen LogP contribution in [0.4, 0.5) is 10.7 Å². The van der Waals surface area contributed by atoms with Crippen molar-refractivity contribution in [3.63, 3.8) is 0 Å². The van der Waals surface area contributed by atoms with Gasteiger partial charge in [0.05, 0.1) is 24.8 Å². The van der Waals surface area contributed by atoms with E-state index in [-0.39, 0.29) is 12.1 Å². The fraction of sp³-hybridized carbons (Fsp3) is 0.438. The number of anilines is 1. The molecule has 1 N–H and O–H groups in total. The van der Waals surface area contributed by atoms with Gasteiger partial charge in [0.1, 0.15) is 0 Å². The first-order valence-corrected chi connectivity index (χ1v) is 8.79. The molecule has 2 aliphatic rings. The van der Waals surface area contributed by atoms with Crippen molar-refractivity contribution in [2.75, 3.05) is 44.3 Å². The van der Waals surface area contributed by atoms with Crippen molar-refractivity contribution in [1.82, 2.24) is 20.2 Å². The number of nitrogens with zero attached hydrogens (tertiary/aromatic N) is 4. The highest BCUT2D eigenvalue weighted by atomic mass is 79.9. The SMILES string of the molecule is O=C(NC1CN(c2ncc3cc(Br)ccc3n2)C1)N1CCOCC1. The molecule has 2 aromatic rings. The average Bonchev–Trinajstić information content (AvgIpc) is 2.58. The van der Waals surface area contributed by atoms with Crippen molar-refractivity contribution in [3.8, 4) is 0 Å². The number of carbonyl (C=O) groups is 1. The van der Waals surface area contributed by atoms with Crippen LogP contribution in [0.3, 0.4) is 0 Å². The molecule has 2 aliphatic heterocycles. The van der Waals surface area contributed by atoms with E-state index in [9.17, 15) is 4.79 Å². The van der Waals surface area contributed by atoms with Gasteiger partial charge >= 0.3 is 6.03 Å². The van der Waals surface area contributed by atoms with Gasteiger partial charge in [0.15, 0.2) is 0 Å². The maximum atomic E-state index is 12.2. The molecule has 2 fully saturated rings. The van der Waals surface area contributed by atoms with Gasteiger partial charge in [-0.2, -0.15) is 0 Å². The van der Waals surface area contributed by atoms with Crippen molar-refractivity contribution >= 4 is 38.8 Å². The normalized spacial score (nSPS) is 18.5. The van der Waals surface area contributed by atoms with E-state index < -0.39 is 0 Å². The first kappa shape index (κ1) is 15.6. The van der Waals surface area contributed by atoms with Crippen LogP contribution in [0.2, 0.25) is 0 Å². The van der Waals surface area contributed by atoms with Gasteiger partial charge in [0.25, 0.3) is 0 Å². The lowest BCUT2D eigenvalue weighted by atomic mass is 10.1. The number of halogens is 1. The highest BCUT2D eigenvalue weighted by Gasteiger charge is 2.31. The molecule has 0 bridgehead atoms. The lowest BCUT2D eigenvalue weighted by molar-refractivity contribution is 0.0522. The fourth-order valence-electron chi connectivity index (χ4n) is 2.91. The monoisotopic (exact) mass is 391 g/mol. The molecule has 3 heterocycles. The third-order valence-electron chi connectivity index (χ3n) is 4.32. The molecule has 4 rings (SSSR count). The van der Waals surface area contributed by atoms with E-state index in [1.54, 1.807) is 4.90 Å². The Morgan fingerprint density at radius 1 is 1.29 bits per heavy atom. The minimum atomic E-state index is -0.00719. The van der Waals surface area contributed by atoms with Gasteiger partial charge in [-0.3, -0.25) is 0 Å². The van der Waals surface area contributed by atoms with Crippen molar-refractivity contribution < 1.29 is 9.53 Å². The van der Waals surface area contributed by atoms with Crippen molar-refractivity contribution in [1.29, 1.82) is 0 Å². The first-order valence-electron chi connectivity index (χ1n) is 7.99. The third kappa shape index (κ3) is 3.16. The Bertz CT molecular complexity index is 759. The molecule has 0 radical (unpaired) electrons. The zero-order valence-electron chi connectivity index (χ0n) is 13.1. The minimum absolute atomic E-state index is 0.00719. The van der Waals surface area contributed by atoms with Crippen LogP contribution in [0.25, 0.3) is 10.9 Å². The van der Waals surface area contributed by atoms with Crippen LogP contribution >= 0.6 is 15.9 Å². The van der Waals surface area contributed by atoms with E-state index in [4.69, 9.17) is 4.74 Å². The Morgan fingerprint density at radius 2 is 2.08 bits per heavy atom. The maximum Gasteiger partial charge on any atom is 0.317 e. The predicted molar refractivity (Wildman–Crippen MR) is 94.2 cm³/mol. The van der Waals surface area contributed by atoms with Crippen molar-refractivity contribution in [2.24, 2.45) is 0 Å². The molecule has 24 heavy (non-hydrogen) atoms. The fourth-order valence-corrected chi connectivity index (χ4v) is 3.29.